The Morgan fingerprint density at radius 1 is 1.33 bits per heavy atom. The van der Waals surface area contributed by atoms with Gasteiger partial charge in [0.15, 0.2) is 0 Å². The van der Waals surface area contributed by atoms with Crippen LogP contribution in [0.3, 0.4) is 0 Å². The van der Waals surface area contributed by atoms with Gasteiger partial charge in [-0.05, 0) is 43.7 Å². The zero-order chi connectivity index (χ0) is 17.4. The molecule has 132 valence electrons. The molecule has 1 saturated heterocycles. The van der Waals surface area contributed by atoms with Crippen molar-refractivity contribution in [2.45, 2.75) is 39.0 Å². The molecular formula is C19H27NO4. The Hall–Kier alpha value is -2.04. The van der Waals surface area contributed by atoms with Gasteiger partial charge in [-0.3, -0.25) is 9.59 Å². The van der Waals surface area contributed by atoms with Gasteiger partial charge < -0.3 is 14.7 Å². The van der Waals surface area contributed by atoms with E-state index in [0.29, 0.717) is 31.9 Å². The number of para-hydroxylation sites is 1. The summed E-state index contributed by atoms with van der Waals surface area (Å²) in [6.45, 7) is 3.94. The second-order valence-electron chi connectivity index (χ2n) is 6.58. The average molecular weight is 333 g/mol. The van der Waals surface area contributed by atoms with Gasteiger partial charge in [0.25, 0.3) is 0 Å². The molecule has 2 rings (SSSR count). The van der Waals surface area contributed by atoms with Gasteiger partial charge in [0.1, 0.15) is 5.75 Å². The molecule has 2 unspecified atom stereocenters. The van der Waals surface area contributed by atoms with E-state index in [1.165, 1.54) is 0 Å². The molecule has 1 aromatic rings. The summed E-state index contributed by atoms with van der Waals surface area (Å²) in [4.78, 5) is 25.2. The number of benzene rings is 1. The number of amides is 1. The number of ether oxygens (including phenoxy) is 1. The molecule has 1 aliphatic heterocycles. The molecule has 1 aliphatic rings. The quantitative estimate of drug-likeness (QED) is 0.793. The number of carbonyl (C=O) groups is 2. The average Bonchev–Trinajstić information content (AvgIpc) is 2.60. The van der Waals surface area contributed by atoms with Gasteiger partial charge >= 0.3 is 5.97 Å². The zero-order valence-corrected chi connectivity index (χ0v) is 14.3. The molecule has 0 aromatic heterocycles. The monoisotopic (exact) mass is 333 g/mol. The minimum absolute atomic E-state index is 0.0769. The Labute approximate surface area is 143 Å². The van der Waals surface area contributed by atoms with E-state index in [9.17, 15) is 9.59 Å². The molecule has 2 atom stereocenters. The summed E-state index contributed by atoms with van der Waals surface area (Å²) in [6.07, 6.45) is 3.51. The van der Waals surface area contributed by atoms with Gasteiger partial charge in [-0.25, -0.2) is 0 Å². The Morgan fingerprint density at radius 2 is 2.08 bits per heavy atom. The zero-order valence-electron chi connectivity index (χ0n) is 14.3. The lowest BCUT2D eigenvalue weighted by atomic mass is 9.92. The Bertz CT molecular complexity index is 531. The van der Waals surface area contributed by atoms with Crippen molar-refractivity contribution < 1.29 is 19.4 Å². The van der Waals surface area contributed by atoms with E-state index in [2.05, 4.69) is 0 Å². The highest BCUT2D eigenvalue weighted by atomic mass is 16.5. The first-order valence-electron chi connectivity index (χ1n) is 8.74. The Morgan fingerprint density at radius 3 is 2.79 bits per heavy atom. The van der Waals surface area contributed by atoms with Crippen LogP contribution in [-0.2, 0) is 9.59 Å². The minimum atomic E-state index is -0.759. The molecule has 0 spiro atoms. The van der Waals surface area contributed by atoms with Crippen molar-refractivity contribution in [1.29, 1.82) is 0 Å². The van der Waals surface area contributed by atoms with Crippen molar-refractivity contribution in [3.05, 3.63) is 30.3 Å². The van der Waals surface area contributed by atoms with Gasteiger partial charge in [0, 0.05) is 25.4 Å². The van der Waals surface area contributed by atoms with Crippen LogP contribution in [0.5, 0.6) is 5.75 Å². The van der Waals surface area contributed by atoms with E-state index in [4.69, 9.17) is 9.84 Å². The fourth-order valence-electron chi connectivity index (χ4n) is 3.13. The predicted molar refractivity (Wildman–Crippen MR) is 91.9 cm³/mol. The fraction of sp³-hybridized carbons (Fsp3) is 0.579. The first kappa shape index (κ1) is 18.3. The summed E-state index contributed by atoms with van der Waals surface area (Å²) < 4.78 is 5.66. The maximum absolute atomic E-state index is 12.6. The van der Waals surface area contributed by atoms with Crippen molar-refractivity contribution >= 4 is 11.9 Å². The largest absolute Gasteiger partial charge is 0.494 e. The highest BCUT2D eigenvalue weighted by Crippen LogP contribution is 2.23. The van der Waals surface area contributed by atoms with Gasteiger partial charge in [-0.1, -0.05) is 25.1 Å². The van der Waals surface area contributed by atoms with Crippen LogP contribution in [-0.4, -0.2) is 41.6 Å². The predicted octanol–water partition coefficient (Wildman–Crippen LogP) is 3.20. The topological polar surface area (TPSA) is 66.8 Å². The minimum Gasteiger partial charge on any atom is -0.494 e. The van der Waals surface area contributed by atoms with E-state index in [-0.39, 0.29) is 18.2 Å². The van der Waals surface area contributed by atoms with Crippen LogP contribution in [0.25, 0.3) is 0 Å². The third-order valence-electron chi connectivity index (χ3n) is 4.58. The molecule has 1 amide bonds. The van der Waals surface area contributed by atoms with Crippen molar-refractivity contribution in [2.75, 3.05) is 19.7 Å². The number of likely N-dealkylation sites (tertiary alicyclic amines) is 1. The lowest BCUT2D eigenvalue weighted by Crippen LogP contribution is -2.42. The standard InChI is InChI=1S/C19H27NO4/c1-15(11-13-24-17-7-3-2-4-8-17)19(23)20-12-5-6-16(14-20)9-10-18(21)22/h2-4,7-8,15-16H,5-6,9-14H2,1H3,(H,21,22). The van der Waals surface area contributed by atoms with Crippen LogP contribution in [0.4, 0.5) is 0 Å². The van der Waals surface area contributed by atoms with Crippen LogP contribution in [0.15, 0.2) is 30.3 Å². The van der Waals surface area contributed by atoms with E-state index in [1.807, 2.05) is 42.2 Å². The first-order valence-corrected chi connectivity index (χ1v) is 8.74. The molecule has 1 N–H and O–H groups in total. The molecule has 1 aromatic carbocycles. The second kappa shape index (κ2) is 9.30. The van der Waals surface area contributed by atoms with Crippen LogP contribution in [0.2, 0.25) is 0 Å². The number of carboxylic acid groups (broad SMARTS) is 1. The highest BCUT2D eigenvalue weighted by molar-refractivity contribution is 5.78. The molecule has 0 saturated carbocycles. The fourth-order valence-corrected chi connectivity index (χ4v) is 3.13. The molecule has 1 fully saturated rings. The summed E-state index contributed by atoms with van der Waals surface area (Å²) in [7, 11) is 0. The molecule has 0 radical (unpaired) electrons. The number of carboxylic acids is 1. The summed E-state index contributed by atoms with van der Waals surface area (Å²) in [6, 6.07) is 9.61. The summed E-state index contributed by atoms with van der Waals surface area (Å²) >= 11 is 0. The van der Waals surface area contributed by atoms with E-state index in [0.717, 1.165) is 25.1 Å². The van der Waals surface area contributed by atoms with Gasteiger partial charge in [0.2, 0.25) is 5.91 Å². The molecule has 0 aliphatic carbocycles. The number of piperidine rings is 1. The first-order chi connectivity index (χ1) is 11.6. The normalized spacial score (nSPS) is 18.9. The van der Waals surface area contributed by atoms with Crippen LogP contribution < -0.4 is 4.74 Å². The maximum Gasteiger partial charge on any atom is 0.303 e. The summed E-state index contributed by atoms with van der Waals surface area (Å²) in [5, 5.41) is 8.80. The van der Waals surface area contributed by atoms with Gasteiger partial charge in [0.05, 0.1) is 6.61 Å². The van der Waals surface area contributed by atoms with E-state index >= 15 is 0 Å². The molecule has 1 heterocycles. The Kier molecular flexibility index (Phi) is 7.09. The highest BCUT2D eigenvalue weighted by Gasteiger charge is 2.26. The number of hydrogen-bond acceptors (Lipinski definition) is 3. The van der Waals surface area contributed by atoms with E-state index in [1.54, 1.807) is 0 Å². The molecule has 24 heavy (non-hydrogen) atoms. The lowest BCUT2D eigenvalue weighted by molar-refractivity contribution is -0.138. The summed E-state index contributed by atoms with van der Waals surface area (Å²) in [5.41, 5.74) is 0. The molecular weight excluding hydrogens is 306 g/mol. The van der Waals surface area contributed by atoms with E-state index < -0.39 is 5.97 Å². The lowest BCUT2D eigenvalue weighted by Gasteiger charge is -2.34. The number of aliphatic carboxylic acids is 1. The third-order valence-corrected chi connectivity index (χ3v) is 4.58. The van der Waals surface area contributed by atoms with Gasteiger partial charge in [-0.15, -0.1) is 0 Å². The maximum atomic E-state index is 12.6. The van der Waals surface area contributed by atoms with Crippen LogP contribution in [0, 0.1) is 11.8 Å². The van der Waals surface area contributed by atoms with Gasteiger partial charge in [-0.2, -0.15) is 0 Å². The molecule has 5 heteroatoms. The molecule has 5 nitrogen and oxygen atoms in total. The van der Waals surface area contributed by atoms with Crippen molar-refractivity contribution in [3.8, 4) is 5.75 Å². The second-order valence-corrected chi connectivity index (χ2v) is 6.58. The number of rotatable bonds is 8. The van der Waals surface area contributed by atoms with Crippen molar-refractivity contribution in [3.63, 3.8) is 0 Å². The Balaban J connectivity index is 1.74. The number of hydrogen-bond donors (Lipinski definition) is 1. The third kappa shape index (κ3) is 5.87. The van der Waals surface area contributed by atoms with Crippen molar-refractivity contribution in [2.24, 2.45) is 11.8 Å². The van der Waals surface area contributed by atoms with Crippen molar-refractivity contribution in [1.82, 2.24) is 4.90 Å². The summed E-state index contributed by atoms with van der Waals surface area (Å²) in [5.74, 6) is 0.457. The van der Waals surface area contributed by atoms with Crippen LogP contribution >= 0.6 is 0 Å². The number of nitrogens with zero attached hydrogens (tertiary/aromatic N) is 1. The van der Waals surface area contributed by atoms with Crippen LogP contribution in [0.1, 0.15) is 39.0 Å². The smallest absolute Gasteiger partial charge is 0.303 e. The molecule has 0 bridgehead atoms. The number of carbonyl (C=O) groups excluding carboxylic acids is 1. The SMILES string of the molecule is CC(CCOc1ccccc1)C(=O)N1CCCC(CCC(=O)O)C1.